The van der Waals surface area contributed by atoms with E-state index in [0.717, 1.165) is 35.1 Å². The minimum absolute atomic E-state index is 0.0544. The van der Waals surface area contributed by atoms with Crippen LogP contribution in [0.25, 0.3) is 11.1 Å². The molecule has 2 aromatic carbocycles. The van der Waals surface area contributed by atoms with Crippen LogP contribution in [0.1, 0.15) is 62.5 Å². The van der Waals surface area contributed by atoms with Crippen LogP contribution in [0.4, 0.5) is 4.79 Å². The number of ether oxygens (including phenoxy) is 1. The van der Waals surface area contributed by atoms with Crippen LogP contribution in [-0.4, -0.2) is 41.8 Å². The van der Waals surface area contributed by atoms with Crippen LogP contribution in [0.15, 0.2) is 48.5 Å². The lowest BCUT2D eigenvalue weighted by Crippen LogP contribution is -2.53. The van der Waals surface area contributed by atoms with Gasteiger partial charge >= 0.3 is 12.1 Å². The third-order valence-electron chi connectivity index (χ3n) is 8.14. The Kier molecular flexibility index (Phi) is 6.03. The van der Waals surface area contributed by atoms with Gasteiger partial charge in [0.2, 0.25) is 5.91 Å². The van der Waals surface area contributed by atoms with Crippen LogP contribution in [0.2, 0.25) is 0 Å². The molecule has 2 amide bonds. The first-order valence-corrected chi connectivity index (χ1v) is 12.5. The largest absolute Gasteiger partial charge is 0.481 e. The van der Waals surface area contributed by atoms with E-state index in [9.17, 15) is 19.5 Å². The number of carbonyl (C=O) groups excluding carboxylic acids is 2. The number of carbonyl (C=O) groups is 3. The summed E-state index contributed by atoms with van der Waals surface area (Å²) in [5.41, 5.74) is 2.62. The molecule has 0 aromatic heterocycles. The average Bonchev–Trinajstić information content (AvgIpc) is 3.57. The zero-order chi connectivity index (χ0) is 24.6. The molecule has 3 aliphatic rings. The molecule has 3 aliphatic carbocycles. The Morgan fingerprint density at radius 2 is 1.51 bits per heavy atom. The van der Waals surface area contributed by atoms with Crippen molar-refractivity contribution in [2.45, 2.75) is 56.9 Å². The summed E-state index contributed by atoms with van der Waals surface area (Å²) in [4.78, 5) is 37.6. The summed E-state index contributed by atoms with van der Waals surface area (Å²) in [7, 11) is 0. The van der Waals surface area contributed by atoms with E-state index in [4.69, 9.17) is 4.74 Å². The second kappa shape index (κ2) is 9.02. The molecule has 35 heavy (non-hydrogen) atoms. The molecular formula is C28H32N2O5. The number of amides is 2. The fourth-order valence-corrected chi connectivity index (χ4v) is 5.56. The maximum absolute atomic E-state index is 12.9. The first-order chi connectivity index (χ1) is 16.8. The number of carboxylic acid groups (broad SMARTS) is 1. The second-order valence-electron chi connectivity index (χ2n) is 10.5. The molecule has 0 radical (unpaired) electrons. The minimum atomic E-state index is -1.01. The maximum Gasteiger partial charge on any atom is 0.408 e. The molecule has 0 bridgehead atoms. The van der Waals surface area contributed by atoms with E-state index in [2.05, 4.69) is 41.8 Å². The highest BCUT2D eigenvalue weighted by Crippen LogP contribution is 2.45. The summed E-state index contributed by atoms with van der Waals surface area (Å²) in [6, 6.07) is 16.2. The number of hydrogen-bond donors (Lipinski definition) is 3. The van der Waals surface area contributed by atoms with E-state index in [1.165, 1.54) is 0 Å². The molecule has 7 nitrogen and oxygen atoms in total. The average molecular weight is 477 g/mol. The topological polar surface area (TPSA) is 105 Å². The molecule has 2 aromatic rings. The van der Waals surface area contributed by atoms with Gasteiger partial charge in [-0.3, -0.25) is 9.59 Å². The minimum Gasteiger partial charge on any atom is -0.481 e. The van der Waals surface area contributed by atoms with Gasteiger partial charge in [0.25, 0.3) is 0 Å². The lowest BCUT2D eigenvalue weighted by molar-refractivity contribution is -0.151. The van der Waals surface area contributed by atoms with Crippen LogP contribution in [0, 0.1) is 11.3 Å². The van der Waals surface area contributed by atoms with Crippen molar-refractivity contribution in [2.24, 2.45) is 11.3 Å². The number of aliphatic carboxylic acids is 1. The Morgan fingerprint density at radius 3 is 2.06 bits per heavy atom. The van der Waals surface area contributed by atoms with Crippen molar-refractivity contribution < 1.29 is 24.2 Å². The summed E-state index contributed by atoms with van der Waals surface area (Å²) in [5.74, 6) is -0.742. The lowest BCUT2D eigenvalue weighted by atomic mass is 9.70. The van der Waals surface area contributed by atoms with Crippen LogP contribution < -0.4 is 10.6 Å². The summed E-state index contributed by atoms with van der Waals surface area (Å²) in [6.45, 7) is 2.39. The van der Waals surface area contributed by atoms with Crippen molar-refractivity contribution in [1.82, 2.24) is 10.6 Å². The molecule has 184 valence electrons. The first kappa shape index (κ1) is 23.4. The normalized spacial score (nSPS) is 24.1. The van der Waals surface area contributed by atoms with Crippen molar-refractivity contribution in [3.8, 4) is 11.1 Å². The third-order valence-corrected chi connectivity index (χ3v) is 8.14. The highest BCUT2D eigenvalue weighted by Gasteiger charge is 2.52. The monoisotopic (exact) mass is 476 g/mol. The number of carboxylic acids is 1. The second-order valence-corrected chi connectivity index (χ2v) is 10.5. The zero-order valence-electron chi connectivity index (χ0n) is 20.0. The van der Waals surface area contributed by atoms with E-state index in [-0.39, 0.29) is 25.0 Å². The summed E-state index contributed by atoms with van der Waals surface area (Å²) in [6.07, 6.45) is 3.18. The summed E-state index contributed by atoms with van der Waals surface area (Å²) < 4.78 is 5.61. The van der Waals surface area contributed by atoms with Gasteiger partial charge in [-0.25, -0.2) is 4.79 Å². The maximum atomic E-state index is 12.9. The molecule has 0 aliphatic heterocycles. The van der Waals surface area contributed by atoms with Crippen molar-refractivity contribution in [2.75, 3.05) is 13.2 Å². The van der Waals surface area contributed by atoms with Crippen LogP contribution >= 0.6 is 0 Å². The Balaban J connectivity index is 1.18. The Labute approximate surface area is 205 Å². The Hall–Kier alpha value is -3.35. The summed E-state index contributed by atoms with van der Waals surface area (Å²) >= 11 is 0. The predicted octanol–water partition coefficient (Wildman–Crippen LogP) is 4.46. The molecule has 3 N–H and O–H groups in total. The van der Waals surface area contributed by atoms with Gasteiger partial charge in [0.1, 0.15) is 12.1 Å². The van der Waals surface area contributed by atoms with E-state index in [1.807, 2.05) is 24.3 Å². The molecule has 0 spiro atoms. The van der Waals surface area contributed by atoms with E-state index in [0.29, 0.717) is 31.6 Å². The SMILES string of the molecule is CC1CCC(CNC(=O)C2(NC(=O)OCC3c4ccccc4-c4ccccc43)CC2)(C(=O)O)CC1. The van der Waals surface area contributed by atoms with Gasteiger partial charge in [-0.15, -0.1) is 0 Å². The molecule has 0 unspecified atom stereocenters. The molecule has 0 atom stereocenters. The van der Waals surface area contributed by atoms with Gasteiger partial charge in [0, 0.05) is 12.5 Å². The predicted molar refractivity (Wildman–Crippen MR) is 131 cm³/mol. The Bertz CT molecular complexity index is 1100. The number of alkyl carbamates (subject to hydrolysis) is 1. The Morgan fingerprint density at radius 1 is 0.943 bits per heavy atom. The van der Waals surface area contributed by atoms with E-state index >= 15 is 0 Å². The summed E-state index contributed by atoms with van der Waals surface area (Å²) in [5, 5.41) is 15.4. The fraction of sp³-hybridized carbons (Fsp3) is 0.464. The highest BCUT2D eigenvalue weighted by molar-refractivity contribution is 5.93. The molecule has 2 fully saturated rings. The highest BCUT2D eigenvalue weighted by atomic mass is 16.5. The van der Waals surface area contributed by atoms with Crippen LogP contribution in [-0.2, 0) is 14.3 Å². The molecular weight excluding hydrogens is 444 g/mol. The van der Waals surface area contributed by atoms with Gasteiger partial charge in [-0.1, -0.05) is 55.5 Å². The number of rotatable bonds is 7. The lowest BCUT2D eigenvalue weighted by Gasteiger charge is -2.36. The van der Waals surface area contributed by atoms with Gasteiger partial charge < -0.3 is 20.5 Å². The molecule has 7 heteroatoms. The van der Waals surface area contributed by atoms with Crippen molar-refractivity contribution in [1.29, 1.82) is 0 Å². The molecule has 0 saturated heterocycles. The smallest absolute Gasteiger partial charge is 0.408 e. The van der Waals surface area contributed by atoms with Crippen LogP contribution in [0.5, 0.6) is 0 Å². The van der Waals surface area contributed by atoms with E-state index in [1.54, 1.807) is 0 Å². The number of fused-ring (bicyclic) bond motifs is 3. The molecule has 2 saturated carbocycles. The van der Waals surface area contributed by atoms with E-state index < -0.39 is 23.0 Å². The van der Waals surface area contributed by atoms with Gasteiger partial charge in [0.15, 0.2) is 0 Å². The molecule has 5 rings (SSSR count). The van der Waals surface area contributed by atoms with Crippen molar-refractivity contribution in [3.05, 3.63) is 59.7 Å². The number of benzene rings is 2. The fourth-order valence-electron chi connectivity index (χ4n) is 5.56. The standard InChI is InChI=1S/C28H32N2O5/c1-18-10-12-27(13-11-18,25(32)33)17-29-24(31)28(14-15-28)30-26(34)35-16-23-21-8-4-2-6-19(21)20-7-3-5-9-22(20)23/h2-9,18,23H,10-17H2,1H3,(H,29,31)(H,30,34)(H,32,33). The third kappa shape index (κ3) is 4.40. The van der Waals surface area contributed by atoms with Crippen molar-refractivity contribution in [3.63, 3.8) is 0 Å². The zero-order valence-corrected chi connectivity index (χ0v) is 20.0. The van der Waals surface area contributed by atoms with Gasteiger partial charge in [-0.2, -0.15) is 0 Å². The molecule has 0 heterocycles. The first-order valence-electron chi connectivity index (χ1n) is 12.5. The van der Waals surface area contributed by atoms with Crippen LogP contribution in [0.3, 0.4) is 0 Å². The van der Waals surface area contributed by atoms with Gasteiger partial charge in [0.05, 0.1) is 5.41 Å². The van der Waals surface area contributed by atoms with Crippen molar-refractivity contribution >= 4 is 18.0 Å². The quantitative estimate of drug-likeness (QED) is 0.547. The van der Waals surface area contributed by atoms with Gasteiger partial charge in [-0.05, 0) is 66.7 Å². The number of hydrogen-bond acceptors (Lipinski definition) is 4. The number of nitrogens with one attached hydrogen (secondary N) is 2.